The summed E-state index contributed by atoms with van der Waals surface area (Å²) in [5.74, 6) is 0. The first-order valence-electron chi connectivity index (χ1n) is 5.97. The molecule has 104 valence electrons. The van der Waals surface area contributed by atoms with E-state index in [1.807, 2.05) is 12.3 Å². The van der Waals surface area contributed by atoms with Crippen LogP contribution in [0.5, 0.6) is 0 Å². The minimum absolute atomic E-state index is 0.0696. The average molecular weight is 300 g/mol. The van der Waals surface area contributed by atoms with E-state index in [0.717, 1.165) is 17.8 Å². The smallest absolute Gasteiger partial charge is 0.309 e. The van der Waals surface area contributed by atoms with E-state index in [9.17, 15) is 13.2 Å². The van der Waals surface area contributed by atoms with Crippen molar-refractivity contribution >= 4 is 22.9 Å². The third kappa shape index (κ3) is 5.59. The van der Waals surface area contributed by atoms with Crippen LogP contribution in [0.4, 0.5) is 13.2 Å². The van der Waals surface area contributed by atoms with Crippen LogP contribution in [0.25, 0.3) is 0 Å². The van der Waals surface area contributed by atoms with E-state index in [4.69, 9.17) is 11.6 Å². The molecule has 0 saturated heterocycles. The fraction of sp³-hybridized carbons (Fsp3) is 0.667. The first-order chi connectivity index (χ1) is 8.44. The molecule has 0 spiro atoms. The predicted octanol–water partition coefficient (Wildman–Crippen LogP) is 5.17. The van der Waals surface area contributed by atoms with Crippen molar-refractivity contribution in [3.63, 3.8) is 0 Å². The fourth-order valence-electron chi connectivity index (χ4n) is 1.71. The van der Waals surface area contributed by atoms with E-state index in [0.29, 0.717) is 11.4 Å². The van der Waals surface area contributed by atoms with Crippen molar-refractivity contribution in [1.82, 2.24) is 5.32 Å². The quantitative estimate of drug-likeness (QED) is 0.732. The Balaban J connectivity index is 2.54. The Labute approximate surface area is 114 Å². The third-order valence-corrected chi connectivity index (χ3v) is 4.03. The molecule has 0 aromatic carbocycles. The highest BCUT2D eigenvalue weighted by Crippen LogP contribution is 2.33. The fourth-order valence-corrected chi connectivity index (χ4v) is 3.00. The van der Waals surface area contributed by atoms with E-state index in [1.54, 1.807) is 6.07 Å². The Morgan fingerprint density at radius 2 is 2.17 bits per heavy atom. The van der Waals surface area contributed by atoms with Gasteiger partial charge in [-0.05, 0) is 37.3 Å². The van der Waals surface area contributed by atoms with E-state index in [1.165, 1.54) is 11.3 Å². The minimum atomic E-state index is -4.07. The van der Waals surface area contributed by atoms with Gasteiger partial charge in [-0.3, -0.25) is 0 Å². The van der Waals surface area contributed by atoms with Gasteiger partial charge in [-0.15, -0.1) is 11.3 Å². The van der Waals surface area contributed by atoms with Crippen LogP contribution in [-0.4, -0.2) is 12.7 Å². The molecule has 18 heavy (non-hydrogen) atoms. The number of halogens is 4. The zero-order valence-corrected chi connectivity index (χ0v) is 11.8. The second kappa shape index (κ2) is 7.36. The summed E-state index contributed by atoms with van der Waals surface area (Å²) in [6, 6.07) is 1.71. The Kier molecular flexibility index (Phi) is 6.46. The van der Waals surface area contributed by atoms with Gasteiger partial charge >= 0.3 is 6.18 Å². The van der Waals surface area contributed by atoms with Crippen LogP contribution < -0.4 is 5.32 Å². The van der Waals surface area contributed by atoms with Crippen LogP contribution >= 0.6 is 22.9 Å². The maximum atomic E-state index is 12.1. The van der Waals surface area contributed by atoms with E-state index < -0.39 is 12.6 Å². The molecule has 1 nitrogen and oxygen atoms in total. The van der Waals surface area contributed by atoms with Gasteiger partial charge in [0.2, 0.25) is 0 Å². The molecule has 0 radical (unpaired) electrons. The molecule has 1 unspecified atom stereocenters. The van der Waals surface area contributed by atoms with Crippen LogP contribution in [-0.2, 0) is 0 Å². The highest BCUT2D eigenvalue weighted by atomic mass is 35.5. The normalized spacial score (nSPS) is 13.8. The molecule has 0 aliphatic carbocycles. The molecule has 1 N–H and O–H groups in total. The van der Waals surface area contributed by atoms with Gasteiger partial charge in [0.05, 0.1) is 5.02 Å². The Morgan fingerprint density at radius 1 is 1.44 bits per heavy atom. The molecule has 0 fully saturated rings. The van der Waals surface area contributed by atoms with Crippen molar-refractivity contribution in [3.8, 4) is 0 Å². The summed E-state index contributed by atoms with van der Waals surface area (Å²) in [5.41, 5.74) is 0. The maximum Gasteiger partial charge on any atom is 0.389 e. The van der Waals surface area contributed by atoms with Crippen molar-refractivity contribution < 1.29 is 13.2 Å². The van der Waals surface area contributed by atoms with Crippen LogP contribution in [0.15, 0.2) is 11.4 Å². The SMILES string of the molecule is CCCNC(CCCC(F)(F)F)c1sccc1Cl. The standard InChI is InChI=1S/C12H17ClF3NS/c1-2-7-17-10(4-3-6-12(14,15)16)11-9(13)5-8-18-11/h5,8,10,17H,2-4,6-7H2,1H3. The number of hydrogen-bond acceptors (Lipinski definition) is 2. The Morgan fingerprint density at radius 3 is 2.67 bits per heavy atom. The molecule has 1 rings (SSSR count). The molecular weight excluding hydrogens is 283 g/mol. The lowest BCUT2D eigenvalue weighted by atomic mass is 10.1. The van der Waals surface area contributed by atoms with Crippen molar-refractivity contribution in [1.29, 1.82) is 0 Å². The zero-order valence-electron chi connectivity index (χ0n) is 10.2. The molecule has 0 bridgehead atoms. The molecule has 0 aliphatic rings. The summed E-state index contributed by atoms with van der Waals surface area (Å²) >= 11 is 7.52. The van der Waals surface area contributed by atoms with Crippen LogP contribution in [0, 0.1) is 0 Å². The highest BCUT2D eigenvalue weighted by Gasteiger charge is 2.27. The largest absolute Gasteiger partial charge is 0.389 e. The molecule has 1 aromatic heterocycles. The van der Waals surface area contributed by atoms with Gasteiger partial charge < -0.3 is 5.32 Å². The predicted molar refractivity (Wildman–Crippen MR) is 70.3 cm³/mol. The van der Waals surface area contributed by atoms with E-state index >= 15 is 0 Å². The van der Waals surface area contributed by atoms with Gasteiger partial charge in [-0.25, -0.2) is 0 Å². The Bertz CT molecular complexity index is 351. The first-order valence-corrected chi connectivity index (χ1v) is 7.23. The number of nitrogens with one attached hydrogen (secondary N) is 1. The molecule has 1 aromatic rings. The lowest BCUT2D eigenvalue weighted by molar-refractivity contribution is -0.135. The van der Waals surface area contributed by atoms with Gasteiger partial charge in [0.1, 0.15) is 0 Å². The molecule has 0 amide bonds. The molecular formula is C12H17ClF3NS. The third-order valence-electron chi connectivity index (χ3n) is 2.56. The van der Waals surface area contributed by atoms with Gasteiger partial charge in [0.15, 0.2) is 0 Å². The first kappa shape index (κ1) is 15.8. The summed E-state index contributed by atoms with van der Waals surface area (Å²) < 4.78 is 36.4. The summed E-state index contributed by atoms with van der Waals surface area (Å²) in [6.45, 7) is 2.81. The Hall–Kier alpha value is -0.260. The summed E-state index contributed by atoms with van der Waals surface area (Å²) in [5, 5.41) is 5.76. The lowest BCUT2D eigenvalue weighted by Gasteiger charge is -2.18. The molecule has 0 saturated carbocycles. The van der Waals surface area contributed by atoms with Gasteiger partial charge in [-0.1, -0.05) is 18.5 Å². The number of rotatable bonds is 7. The topological polar surface area (TPSA) is 12.0 Å². The molecule has 1 atom stereocenters. The van der Waals surface area contributed by atoms with Gasteiger partial charge in [-0.2, -0.15) is 13.2 Å². The van der Waals surface area contributed by atoms with Crippen molar-refractivity contribution in [2.75, 3.05) is 6.54 Å². The minimum Gasteiger partial charge on any atom is -0.309 e. The van der Waals surface area contributed by atoms with Gasteiger partial charge in [0.25, 0.3) is 0 Å². The zero-order chi connectivity index (χ0) is 13.6. The van der Waals surface area contributed by atoms with Crippen LogP contribution in [0.3, 0.4) is 0 Å². The van der Waals surface area contributed by atoms with Gasteiger partial charge in [0, 0.05) is 17.3 Å². The maximum absolute atomic E-state index is 12.1. The number of hydrogen-bond donors (Lipinski definition) is 1. The second-order valence-corrected chi connectivity index (χ2v) is 5.50. The van der Waals surface area contributed by atoms with Crippen molar-refractivity contribution in [3.05, 3.63) is 21.3 Å². The van der Waals surface area contributed by atoms with E-state index in [2.05, 4.69) is 5.32 Å². The monoisotopic (exact) mass is 299 g/mol. The van der Waals surface area contributed by atoms with Crippen molar-refractivity contribution in [2.45, 2.75) is 44.8 Å². The molecule has 1 heterocycles. The summed E-state index contributed by atoms with van der Waals surface area (Å²) in [4.78, 5) is 0.937. The van der Waals surface area contributed by atoms with Crippen molar-refractivity contribution in [2.24, 2.45) is 0 Å². The van der Waals surface area contributed by atoms with E-state index in [-0.39, 0.29) is 12.5 Å². The van der Waals surface area contributed by atoms with Crippen LogP contribution in [0.2, 0.25) is 5.02 Å². The average Bonchev–Trinajstić information content (AvgIpc) is 2.68. The summed E-state index contributed by atoms with van der Waals surface area (Å²) in [7, 11) is 0. The highest BCUT2D eigenvalue weighted by molar-refractivity contribution is 7.10. The second-order valence-electron chi connectivity index (χ2n) is 4.15. The number of alkyl halides is 3. The molecule has 0 aliphatic heterocycles. The number of thiophene rings is 1. The van der Waals surface area contributed by atoms with Crippen LogP contribution in [0.1, 0.15) is 43.5 Å². The lowest BCUT2D eigenvalue weighted by Crippen LogP contribution is -2.22. The summed E-state index contributed by atoms with van der Waals surface area (Å²) in [6.07, 6.45) is -3.29. The molecule has 6 heteroatoms.